The van der Waals surface area contributed by atoms with Gasteiger partial charge >= 0.3 is 5.97 Å². The number of carbonyl (C=O) groups is 3. The minimum absolute atomic E-state index is 0.115. The molecule has 1 N–H and O–H groups in total. The zero-order valence-electron chi connectivity index (χ0n) is 22.6. The van der Waals surface area contributed by atoms with Gasteiger partial charge in [0.15, 0.2) is 11.5 Å². The molecule has 0 unspecified atom stereocenters. The zero-order chi connectivity index (χ0) is 28.0. The second-order valence-corrected chi connectivity index (χ2v) is 10.3. The lowest BCUT2D eigenvalue weighted by Crippen LogP contribution is -2.41. The molecule has 2 aliphatic rings. The van der Waals surface area contributed by atoms with Gasteiger partial charge < -0.3 is 24.4 Å². The molecule has 1 heterocycles. The number of hydrogen-bond donors (Lipinski definition) is 1. The summed E-state index contributed by atoms with van der Waals surface area (Å²) < 4.78 is 15.9. The molecule has 1 fully saturated rings. The van der Waals surface area contributed by atoms with Crippen LogP contribution < -0.4 is 14.8 Å². The Bertz CT molecular complexity index is 1240. The van der Waals surface area contributed by atoms with Gasteiger partial charge in [0.1, 0.15) is 5.41 Å². The van der Waals surface area contributed by atoms with E-state index in [2.05, 4.69) is 5.32 Å². The molecule has 2 atom stereocenters. The van der Waals surface area contributed by atoms with Crippen molar-refractivity contribution >= 4 is 29.4 Å². The Morgan fingerprint density at radius 2 is 1.74 bits per heavy atom. The van der Waals surface area contributed by atoms with Crippen LogP contribution in [0.15, 0.2) is 54.2 Å². The summed E-state index contributed by atoms with van der Waals surface area (Å²) in [7, 11) is 4.45. The lowest BCUT2D eigenvalue weighted by Gasteiger charge is -2.31. The molecule has 8 nitrogen and oxygen atoms in total. The quantitative estimate of drug-likeness (QED) is 0.429. The number of nitrogens with zero attached hydrogens (tertiary/aromatic N) is 1. The number of fused-ring (bicyclic) bond motifs is 1. The van der Waals surface area contributed by atoms with Crippen molar-refractivity contribution in [3.63, 3.8) is 0 Å². The molecule has 2 aromatic rings. The highest BCUT2D eigenvalue weighted by atomic mass is 35.5. The average Bonchev–Trinajstić information content (AvgIpc) is 3.07. The second kappa shape index (κ2) is 12.6. The van der Waals surface area contributed by atoms with Crippen molar-refractivity contribution in [2.75, 3.05) is 27.9 Å². The molecule has 0 bridgehead atoms. The normalized spacial score (nSPS) is 20.5. The highest BCUT2D eigenvalue weighted by Crippen LogP contribution is 2.53. The van der Waals surface area contributed by atoms with E-state index in [0.29, 0.717) is 41.6 Å². The van der Waals surface area contributed by atoms with E-state index < -0.39 is 17.3 Å². The van der Waals surface area contributed by atoms with Gasteiger partial charge in [-0.05, 0) is 61.1 Å². The number of halogens is 1. The van der Waals surface area contributed by atoms with Crippen LogP contribution in [0.4, 0.5) is 0 Å². The molecule has 9 heteroatoms. The summed E-state index contributed by atoms with van der Waals surface area (Å²) in [4.78, 5) is 42.2. The van der Waals surface area contributed by atoms with E-state index in [0.717, 1.165) is 30.4 Å². The smallest absolute Gasteiger partial charge is 0.318 e. The predicted octanol–water partition coefficient (Wildman–Crippen LogP) is 4.68. The van der Waals surface area contributed by atoms with Gasteiger partial charge in [0, 0.05) is 30.2 Å². The number of benzene rings is 2. The molecule has 1 saturated heterocycles. The first kappa shape index (κ1) is 28.5. The van der Waals surface area contributed by atoms with Crippen molar-refractivity contribution in [3.8, 4) is 11.5 Å². The van der Waals surface area contributed by atoms with Gasteiger partial charge in [-0.2, -0.15) is 0 Å². The molecule has 0 saturated carbocycles. The van der Waals surface area contributed by atoms with E-state index in [1.165, 1.54) is 7.11 Å². The van der Waals surface area contributed by atoms with Crippen LogP contribution in [0.2, 0.25) is 5.02 Å². The van der Waals surface area contributed by atoms with Crippen LogP contribution in [0.1, 0.15) is 43.2 Å². The van der Waals surface area contributed by atoms with Crippen LogP contribution in [0.5, 0.6) is 11.5 Å². The maximum Gasteiger partial charge on any atom is 0.318 e. The van der Waals surface area contributed by atoms with E-state index in [1.54, 1.807) is 31.3 Å². The Morgan fingerprint density at radius 3 is 2.44 bits per heavy atom. The van der Waals surface area contributed by atoms with Crippen molar-refractivity contribution in [2.24, 2.45) is 11.3 Å². The van der Waals surface area contributed by atoms with Crippen LogP contribution in [0, 0.1) is 11.3 Å². The molecular weight excluding hydrogens is 520 g/mol. The average molecular weight is 555 g/mol. The summed E-state index contributed by atoms with van der Waals surface area (Å²) in [5, 5.41) is 3.55. The first-order valence-electron chi connectivity index (χ1n) is 13.2. The van der Waals surface area contributed by atoms with Crippen molar-refractivity contribution < 1.29 is 28.6 Å². The topological polar surface area (TPSA) is 94.2 Å². The Morgan fingerprint density at radius 1 is 1.03 bits per heavy atom. The monoisotopic (exact) mass is 554 g/mol. The van der Waals surface area contributed by atoms with E-state index in [9.17, 15) is 14.4 Å². The number of ether oxygens (including phenoxy) is 3. The molecule has 0 spiro atoms. The summed E-state index contributed by atoms with van der Waals surface area (Å²) in [6.07, 6.45) is 5.35. The van der Waals surface area contributed by atoms with Crippen LogP contribution in [0.3, 0.4) is 0 Å². The number of likely N-dealkylation sites (tertiary alicyclic amines) is 1. The third-order valence-corrected chi connectivity index (χ3v) is 7.94. The van der Waals surface area contributed by atoms with E-state index >= 15 is 0 Å². The maximum absolute atomic E-state index is 13.9. The molecule has 39 heavy (non-hydrogen) atoms. The van der Waals surface area contributed by atoms with Crippen molar-refractivity contribution in [3.05, 3.63) is 70.4 Å². The van der Waals surface area contributed by atoms with Crippen molar-refractivity contribution in [1.82, 2.24) is 10.2 Å². The van der Waals surface area contributed by atoms with E-state index in [4.69, 9.17) is 25.8 Å². The van der Waals surface area contributed by atoms with Crippen LogP contribution in [-0.2, 0) is 32.1 Å². The molecule has 0 radical (unpaired) electrons. The number of methoxy groups -OCH3 is 3. The molecule has 2 amide bonds. The van der Waals surface area contributed by atoms with Gasteiger partial charge in [-0.25, -0.2) is 0 Å². The lowest BCUT2D eigenvalue weighted by molar-refractivity contribution is -0.155. The standard InChI is InChI=1S/C30H35ClN2O6/c1-37-24-13-10-21(17-25(24)38-2)19-32-27(34)18-23-28(35)33(16-14-20-8-11-22(31)12-9-20)26-7-5-4-6-15-30(23,26)29(36)39-3/h7-13,17,23H,4-6,14-16,18-19H2,1-3H3,(H,32,34)/t23-,30-/m1/s1. The third kappa shape index (κ3) is 5.91. The Labute approximate surface area is 234 Å². The van der Waals surface area contributed by atoms with Gasteiger partial charge in [-0.1, -0.05) is 42.3 Å². The number of carbonyl (C=O) groups excluding carboxylic acids is 3. The summed E-state index contributed by atoms with van der Waals surface area (Å²) in [6, 6.07) is 12.9. The summed E-state index contributed by atoms with van der Waals surface area (Å²) in [5.41, 5.74) is 1.34. The molecule has 4 rings (SSSR count). The van der Waals surface area contributed by atoms with Gasteiger partial charge in [-0.15, -0.1) is 0 Å². The van der Waals surface area contributed by atoms with Crippen molar-refractivity contribution in [2.45, 2.75) is 45.1 Å². The van der Waals surface area contributed by atoms with E-state index in [-0.39, 0.29) is 24.8 Å². The molecule has 0 aromatic heterocycles. The van der Waals surface area contributed by atoms with Crippen LogP contribution in [-0.4, -0.2) is 50.6 Å². The number of esters is 1. The molecule has 1 aliphatic heterocycles. The number of allylic oxidation sites excluding steroid dienone is 1. The number of hydrogen-bond acceptors (Lipinski definition) is 6. The second-order valence-electron chi connectivity index (χ2n) is 9.89. The summed E-state index contributed by atoms with van der Waals surface area (Å²) in [5.74, 6) is -0.682. The largest absolute Gasteiger partial charge is 0.493 e. The number of amides is 2. The van der Waals surface area contributed by atoms with Gasteiger partial charge in [0.25, 0.3) is 0 Å². The zero-order valence-corrected chi connectivity index (χ0v) is 23.4. The maximum atomic E-state index is 13.9. The van der Waals surface area contributed by atoms with Gasteiger partial charge in [-0.3, -0.25) is 14.4 Å². The minimum Gasteiger partial charge on any atom is -0.493 e. The highest BCUT2D eigenvalue weighted by molar-refractivity contribution is 6.30. The SMILES string of the molecule is COC(=O)[C@@]12CCCCC=C1N(CCc1ccc(Cl)cc1)C(=O)[C@H]2CC(=O)NCc1ccc(OC)c(OC)c1. The first-order valence-corrected chi connectivity index (χ1v) is 13.5. The van der Waals surface area contributed by atoms with Crippen LogP contribution in [0.25, 0.3) is 0 Å². The fourth-order valence-electron chi connectivity index (χ4n) is 5.68. The summed E-state index contributed by atoms with van der Waals surface area (Å²) >= 11 is 6.03. The fraction of sp³-hybridized carbons (Fsp3) is 0.433. The molecular formula is C30H35ClN2O6. The summed E-state index contributed by atoms with van der Waals surface area (Å²) in [6.45, 7) is 0.642. The Hall–Kier alpha value is -3.52. The number of rotatable bonds is 10. The third-order valence-electron chi connectivity index (χ3n) is 7.68. The first-order chi connectivity index (χ1) is 18.8. The lowest BCUT2D eigenvalue weighted by atomic mass is 9.71. The Balaban J connectivity index is 1.55. The van der Waals surface area contributed by atoms with Gasteiger partial charge in [0.2, 0.25) is 11.8 Å². The fourth-order valence-corrected chi connectivity index (χ4v) is 5.81. The molecule has 208 valence electrons. The van der Waals surface area contributed by atoms with Gasteiger partial charge in [0.05, 0.1) is 27.2 Å². The minimum atomic E-state index is -1.18. The number of nitrogens with one attached hydrogen (secondary N) is 1. The van der Waals surface area contributed by atoms with Crippen LogP contribution >= 0.6 is 11.6 Å². The highest BCUT2D eigenvalue weighted by Gasteiger charge is 2.61. The predicted molar refractivity (Wildman–Crippen MR) is 147 cm³/mol. The van der Waals surface area contributed by atoms with Crippen molar-refractivity contribution in [1.29, 1.82) is 0 Å². The molecule has 2 aromatic carbocycles. The molecule has 1 aliphatic carbocycles. The Kier molecular flexibility index (Phi) is 9.17. The van der Waals surface area contributed by atoms with E-state index in [1.807, 2.05) is 36.4 Å².